The molecule has 0 saturated heterocycles. The average Bonchev–Trinajstić information content (AvgIpc) is 2.71. The van der Waals surface area contributed by atoms with Crippen molar-refractivity contribution in [2.24, 2.45) is 0 Å². The Bertz CT molecular complexity index is 746. The number of thioether (sulfide) groups is 1. The fourth-order valence-electron chi connectivity index (χ4n) is 3.02. The van der Waals surface area contributed by atoms with Crippen molar-refractivity contribution in [2.45, 2.75) is 56.9 Å². The standard InChI is InChI=1S/C22H30N2O4S/c1-16(2)24-21(26)15-29-19-11-7-6-10-18(19)22(27)28-14-20(25)23-13-12-17-8-4-3-5-9-17/h6-8,10-11,16H,3-5,9,12-15H2,1-2H3,(H,23,25)(H,24,26). The van der Waals surface area contributed by atoms with Crippen LogP contribution in [-0.2, 0) is 14.3 Å². The maximum Gasteiger partial charge on any atom is 0.339 e. The molecule has 0 aliphatic heterocycles. The summed E-state index contributed by atoms with van der Waals surface area (Å²) in [5.74, 6) is -0.766. The molecule has 0 spiro atoms. The molecular weight excluding hydrogens is 388 g/mol. The molecule has 0 heterocycles. The van der Waals surface area contributed by atoms with Crippen molar-refractivity contribution >= 4 is 29.5 Å². The van der Waals surface area contributed by atoms with Gasteiger partial charge < -0.3 is 15.4 Å². The number of hydrogen-bond donors (Lipinski definition) is 2. The van der Waals surface area contributed by atoms with E-state index in [4.69, 9.17) is 4.74 Å². The van der Waals surface area contributed by atoms with E-state index in [2.05, 4.69) is 16.7 Å². The van der Waals surface area contributed by atoms with Crippen LogP contribution in [0.2, 0.25) is 0 Å². The van der Waals surface area contributed by atoms with Crippen molar-refractivity contribution in [1.29, 1.82) is 0 Å². The molecular formula is C22H30N2O4S. The second kappa shape index (κ2) is 12.3. The largest absolute Gasteiger partial charge is 0.452 e. The van der Waals surface area contributed by atoms with Crippen LogP contribution in [0, 0.1) is 0 Å². The molecule has 0 aromatic heterocycles. The van der Waals surface area contributed by atoms with Gasteiger partial charge in [-0.2, -0.15) is 0 Å². The minimum Gasteiger partial charge on any atom is -0.452 e. The van der Waals surface area contributed by atoms with Crippen LogP contribution in [0.25, 0.3) is 0 Å². The molecule has 1 aliphatic carbocycles. The third-order valence-electron chi connectivity index (χ3n) is 4.40. The lowest BCUT2D eigenvalue weighted by Gasteiger charge is -2.13. The van der Waals surface area contributed by atoms with Crippen LogP contribution in [-0.4, -0.2) is 42.7 Å². The van der Waals surface area contributed by atoms with Crippen LogP contribution in [0.1, 0.15) is 56.3 Å². The maximum absolute atomic E-state index is 12.4. The Morgan fingerprint density at radius 3 is 2.66 bits per heavy atom. The van der Waals surface area contributed by atoms with E-state index in [1.165, 1.54) is 30.2 Å². The summed E-state index contributed by atoms with van der Waals surface area (Å²) in [6.07, 6.45) is 7.79. The first-order chi connectivity index (χ1) is 14.0. The molecule has 7 heteroatoms. The number of rotatable bonds is 10. The van der Waals surface area contributed by atoms with Crippen LogP contribution in [0.15, 0.2) is 40.8 Å². The summed E-state index contributed by atoms with van der Waals surface area (Å²) in [7, 11) is 0. The van der Waals surface area contributed by atoms with Crippen molar-refractivity contribution in [3.8, 4) is 0 Å². The molecule has 0 fully saturated rings. The Hall–Kier alpha value is -2.28. The molecule has 158 valence electrons. The molecule has 6 nitrogen and oxygen atoms in total. The first-order valence-corrected chi connectivity index (χ1v) is 11.1. The summed E-state index contributed by atoms with van der Waals surface area (Å²) in [5.41, 5.74) is 1.75. The topological polar surface area (TPSA) is 84.5 Å². The molecule has 1 aromatic carbocycles. The number of carbonyl (C=O) groups is 3. The Balaban J connectivity index is 1.77. The van der Waals surface area contributed by atoms with Gasteiger partial charge in [0.2, 0.25) is 5.91 Å². The molecule has 2 N–H and O–H groups in total. The number of benzene rings is 1. The van der Waals surface area contributed by atoms with Crippen LogP contribution in [0.3, 0.4) is 0 Å². The summed E-state index contributed by atoms with van der Waals surface area (Å²) in [5, 5.41) is 5.61. The maximum atomic E-state index is 12.4. The van der Waals surface area contributed by atoms with Gasteiger partial charge in [-0.05, 0) is 58.1 Å². The highest BCUT2D eigenvalue weighted by molar-refractivity contribution is 8.00. The minimum atomic E-state index is -0.567. The number of esters is 1. The normalized spacial score (nSPS) is 13.6. The first-order valence-electron chi connectivity index (χ1n) is 10.1. The van der Waals surface area contributed by atoms with Crippen LogP contribution < -0.4 is 10.6 Å². The van der Waals surface area contributed by atoms with Crippen LogP contribution in [0.5, 0.6) is 0 Å². The van der Waals surface area contributed by atoms with Gasteiger partial charge in [-0.1, -0.05) is 23.8 Å². The fraction of sp³-hybridized carbons (Fsp3) is 0.500. The summed E-state index contributed by atoms with van der Waals surface area (Å²) in [6, 6.07) is 7.00. The van der Waals surface area contributed by atoms with Gasteiger partial charge in [-0.25, -0.2) is 4.79 Å². The van der Waals surface area contributed by atoms with Crippen molar-refractivity contribution < 1.29 is 19.1 Å². The quantitative estimate of drug-likeness (QED) is 0.345. The van der Waals surface area contributed by atoms with E-state index in [0.29, 0.717) is 17.0 Å². The van der Waals surface area contributed by atoms with Gasteiger partial charge in [-0.3, -0.25) is 9.59 Å². The van der Waals surface area contributed by atoms with E-state index in [-0.39, 0.29) is 30.2 Å². The van der Waals surface area contributed by atoms with Crippen molar-refractivity contribution in [2.75, 3.05) is 18.9 Å². The van der Waals surface area contributed by atoms with Crippen molar-refractivity contribution in [3.63, 3.8) is 0 Å². The van der Waals surface area contributed by atoms with E-state index < -0.39 is 5.97 Å². The van der Waals surface area contributed by atoms with Gasteiger partial charge in [0.1, 0.15) is 0 Å². The third kappa shape index (κ3) is 8.73. The van der Waals surface area contributed by atoms with Gasteiger partial charge in [0.15, 0.2) is 6.61 Å². The number of amides is 2. The molecule has 0 bridgehead atoms. The second-order valence-electron chi connectivity index (χ2n) is 7.29. The van der Waals surface area contributed by atoms with E-state index in [0.717, 1.165) is 19.3 Å². The third-order valence-corrected chi connectivity index (χ3v) is 5.48. The summed E-state index contributed by atoms with van der Waals surface area (Å²) in [4.78, 5) is 36.8. The summed E-state index contributed by atoms with van der Waals surface area (Å²) in [6.45, 7) is 4.03. The van der Waals surface area contributed by atoms with Crippen molar-refractivity contribution in [3.05, 3.63) is 41.5 Å². The Morgan fingerprint density at radius 1 is 1.14 bits per heavy atom. The number of carbonyl (C=O) groups excluding carboxylic acids is 3. The minimum absolute atomic E-state index is 0.0659. The van der Waals surface area contributed by atoms with E-state index in [1.807, 2.05) is 13.8 Å². The molecule has 0 atom stereocenters. The number of ether oxygens (including phenoxy) is 1. The Labute approximate surface area is 176 Å². The van der Waals surface area contributed by atoms with Crippen molar-refractivity contribution in [1.82, 2.24) is 10.6 Å². The fourth-order valence-corrected chi connectivity index (χ4v) is 3.87. The van der Waals surface area contributed by atoms with Gasteiger partial charge >= 0.3 is 5.97 Å². The monoisotopic (exact) mass is 418 g/mol. The van der Waals surface area contributed by atoms with Gasteiger partial charge in [0.05, 0.1) is 11.3 Å². The zero-order valence-corrected chi connectivity index (χ0v) is 18.0. The predicted molar refractivity (Wildman–Crippen MR) is 115 cm³/mol. The lowest BCUT2D eigenvalue weighted by atomic mass is 9.97. The SMILES string of the molecule is CC(C)NC(=O)CSc1ccccc1C(=O)OCC(=O)NCCC1=CCCCC1. The van der Waals surface area contributed by atoms with E-state index in [9.17, 15) is 14.4 Å². The highest BCUT2D eigenvalue weighted by Crippen LogP contribution is 2.23. The van der Waals surface area contributed by atoms with E-state index >= 15 is 0 Å². The Morgan fingerprint density at radius 2 is 1.93 bits per heavy atom. The molecule has 2 rings (SSSR count). The molecule has 1 aliphatic rings. The number of nitrogens with one attached hydrogen (secondary N) is 2. The number of allylic oxidation sites excluding steroid dienone is 1. The summed E-state index contributed by atoms with van der Waals surface area (Å²) < 4.78 is 5.16. The smallest absolute Gasteiger partial charge is 0.339 e. The van der Waals surface area contributed by atoms with Gasteiger partial charge in [0.25, 0.3) is 5.91 Å². The lowest BCUT2D eigenvalue weighted by Crippen LogP contribution is -2.31. The molecule has 0 radical (unpaired) electrons. The number of hydrogen-bond acceptors (Lipinski definition) is 5. The summed E-state index contributed by atoms with van der Waals surface area (Å²) >= 11 is 1.27. The van der Waals surface area contributed by atoms with Gasteiger partial charge in [0, 0.05) is 17.5 Å². The zero-order valence-electron chi connectivity index (χ0n) is 17.2. The second-order valence-corrected chi connectivity index (χ2v) is 8.31. The predicted octanol–water partition coefficient (Wildman–Crippen LogP) is 3.47. The lowest BCUT2D eigenvalue weighted by molar-refractivity contribution is -0.124. The van der Waals surface area contributed by atoms with Crippen LogP contribution >= 0.6 is 11.8 Å². The molecule has 1 aromatic rings. The molecule has 2 amide bonds. The highest BCUT2D eigenvalue weighted by Gasteiger charge is 2.16. The van der Waals surface area contributed by atoms with E-state index in [1.54, 1.807) is 24.3 Å². The average molecular weight is 419 g/mol. The molecule has 29 heavy (non-hydrogen) atoms. The van der Waals surface area contributed by atoms with Crippen LogP contribution in [0.4, 0.5) is 0 Å². The molecule has 0 unspecified atom stereocenters. The first kappa shape index (κ1) is 23.0. The molecule has 0 saturated carbocycles. The van der Waals surface area contributed by atoms with Gasteiger partial charge in [-0.15, -0.1) is 11.8 Å². The highest BCUT2D eigenvalue weighted by atomic mass is 32.2. The Kier molecular flexibility index (Phi) is 9.77. The zero-order chi connectivity index (χ0) is 21.1.